The number of aliphatic carboxylic acids is 1. The lowest BCUT2D eigenvalue weighted by molar-refractivity contribution is -0.144. The Morgan fingerprint density at radius 1 is 1.09 bits per heavy atom. The number of carboxylic acid groups (broad SMARTS) is 1. The van der Waals surface area contributed by atoms with Crippen molar-refractivity contribution >= 4 is 5.97 Å². The van der Waals surface area contributed by atoms with Crippen LogP contribution < -0.4 is 10.1 Å². The Balaban J connectivity index is 1.23. The molecule has 0 aromatic heterocycles. The number of hydrogen-bond acceptors (Lipinski definition) is 5. The molecule has 2 aliphatic carbocycles. The quantitative estimate of drug-likeness (QED) is 0.558. The first kappa shape index (κ1) is 22.9. The van der Waals surface area contributed by atoms with Gasteiger partial charge in [-0.1, -0.05) is 42.5 Å². The van der Waals surface area contributed by atoms with Crippen LogP contribution in [-0.4, -0.2) is 54.8 Å². The van der Waals surface area contributed by atoms with Crippen LogP contribution in [0.15, 0.2) is 54.6 Å². The van der Waals surface area contributed by atoms with Crippen molar-refractivity contribution < 1.29 is 14.6 Å². The van der Waals surface area contributed by atoms with E-state index in [2.05, 4.69) is 46.6 Å². The molecule has 6 heteroatoms. The van der Waals surface area contributed by atoms with Crippen LogP contribution >= 0.6 is 0 Å². The number of piperidine rings is 1. The molecule has 0 amide bonds. The highest BCUT2D eigenvalue weighted by Crippen LogP contribution is 2.47. The van der Waals surface area contributed by atoms with Gasteiger partial charge in [-0.15, -0.1) is 0 Å². The van der Waals surface area contributed by atoms with E-state index in [-0.39, 0.29) is 5.41 Å². The number of carbonyl (C=O) groups is 1. The van der Waals surface area contributed by atoms with E-state index in [1.54, 1.807) is 6.07 Å². The summed E-state index contributed by atoms with van der Waals surface area (Å²) < 4.78 is 6.25. The van der Waals surface area contributed by atoms with Gasteiger partial charge in [0.1, 0.15) is 11.8 Å². The molecule has 2 aromatic carbocycles. The van der Waals surface area contributed by atoms with Gasteiger partial charge in [-0.25, -0.2) is 0 Å². The summed E-state index contributed by atoms with van der Waals surface area (Å²) in [5.74, 6) is 0.565. The van der Waals surface area contributed by atoms with Crippen molar-refractivity contribution in [3.63, 3.8) is 0 Å². The predicted molar refractivity (Wildman–Crippen MR) is 130 cm³/mol. The van der Waals surface area contributed by atoms with E-state index in [1.807, 2.05) is 18.2 Å². The summed E-state index contributed by atoms with van der Waals surface area (Å²) in [6, 6.07) is 20.8. The Labute approximate surface area is 201 Å². The lowest BCUT2D eigenvalue weighted by Gasteiger charge is -2.42. The van der Waals surface area contributed by atoms with E-state index in [9.17, 15) is 15.2 Å². The molecule has 0 bridgehead atoms. The molecule has 6 nitrogen and oxygen atoms in total. The van der Waals surface area contributed by atoms with Gasteiger partial charge in [0.05, 0.1) is 17.6 Å². The van der Waals surface area contributed by atoms with Crippen LogP contribution in [-0.2, 0) is 4.79 Å². The van der Waals surface area contributed by atoms with Crippen molar-refractivity contribution in [2.24, 2.45) is 10.8 Å². The van der Waals surface area contributed by atoms with Gasteiger partial charge in [-0.3, -0.25) is 4.79 Å². The van der Waals surface area contributed by atoms with Crippen LogP contribution in [0.1, 0.15) is 49.1 Å². The molecule has 1 heterocycles. The third-order valence-electron chi connectivity index (χ3n) is 8.05. The highest BCUT2D eigenvalue weighted by molar-refractivity contribution is 5.78. The van der Waals surface area contributed by atoms with Crippen molar-refractivity contribution in [2.75, 3.05) is 32.8 Å². The molecule has 178 valence electrons. The Morgan fingerprint density at radius 3 is 2.47 bits per heavy atom. The molecule has 0 radical (unpaired) electrons. The minimum Gasteiger partial charge on any atom is -0.492 e. The molecule has 34 heavy (non-hydrogen) atoms. The third-order valence-corrected chi connectivity index (χ3v) is 8.05. The molecule has 3 aliphatic rings. The fourth-order valence-corrected chi connectivity index (χ4v) is 5.33. The van der Waals surface area contributed by atoms with Gasteiger partial charge in [-0.2, -0.15) is 5.26 Å². The molecule has 5 rings (SSSR count). The molecule has 2 saturated carbocycles. The summed E-state index contributed by atoms with van der Waals surface area (Å²) in [6.07, 6.45) is 4.65. The number of ether oxygens (including phenoxy) is 1. The third kappa shape index (κ3) is 4.96. The van der Waals surface area contributed by atoms with E-state index in [1.165, 1.54) is 5.56 Å². The largest absolute Gasteiger partial charge is 0.492 e. The first-order valence-electron chi connectivity index (χ1n) is 12.4. The minimum absolute atomic E-state index is 0.0389. The van der Waals surface area contributed by atoms with Gasteiger partial charge >= 0.3 is 5.97 Å². The first-order valence-corrected chi connectivity index (χ1v) is 12.4. The monoisotopic (exact) mass is 459 g/mol. The predicted octanol–water partition coefficient (Wildman–Crippen LogP) is 4.03. The minimum atomic E-state index is -0.650. The van der Waals surface area contributed by atoms with Crippen LogP contribution in [0.4, 0.5) is 0 Å². The molecule has 0 spiro atoms. The van der Waals surface area contributed by atoms with Crippen molar-refractivity contribution in [3.05, 3.63) is 65.7 Å². The topological polar surface area (TPSA) is 85.6 Å². The van der Waals surface area contributed by atoms with E-state index < -0.39 is 11.4 Å². The molecule has 2 aromatic rings. The van der Waals surface area contributed by atoms with E-state index >= 15 is 0 Å². The Kier molecular flexibility index (Phi) is 6.33. The maximum absolute atomic E-state index is 11.7. The summed E-state index contributed by atoms with van der Waals surface area (Å²) in [7, 11) is 0. The van der Waals surface area contributed by atoms with Gasteiger partial charge in [0, 0.05) is 30.5 Å². The number of nitrogens with one attached hydrogen (secondary N) is 1. The Hall–Kier alpha value is -2.88. The fourth-order valence-electron chi connectivity index (χ4n) is 5.33. The van der Waals surface area contributed by atoms with Crippen molar-refractivity contribution in [1.82, 2.24) is 10.2 Å². The number of rotatable bonds is 10. The summed E-state index contributed by atoms with van der Waals surface area (Å²) in [4.78, 5) is 14.0. The maximum atomic E-state index is 11.7. The zero-order valence-electron chi connectivity index (χ0n) is 19.6. The Bertz CT molecular complexity index is 1050. The number of carboxylic acids is 1. The highest BCUT2D eigenvalue weighted by atomic mass is 16.5. The summed E-state index contributed by atoms with van der Waals surface area (Å²) in [5.41, 5.74) is 1.40. The number of nitrogens with zero attached hydrogens (tertiary/aromatic N) is 2. The number of hydrogen-bond donors (Lipinski definition) is 2. The number of benzene rings is 2. The fraction of sp³-hybridized carbons (Fsp3) is 0.500. The Morgan fingerprint density at radius 2 is 1.79 bits per heavy atom. The lowest BCUT2D eigenvalue weighted by atomic mass is 9.78. The van der Waals surface area contributed by atoms with Gasteiger partial charge in [-0.05, 0) is 62.9 Å². The lowest BCUT2D eigenvalue weighted by Crippen LogP contribution is -2.50. The number of nitriles is 1. The van der Waals surface area contributed by atoms with Gasteiger partial charge in [0.15, 0.2) is 0 Å². The van der Waals surface area contributed by atoms with Crippen LogP contribution in [0.25, 0.3) is 0 Å². The van der Waals surface area contributed by atoms with E-state index in [0.717, 1.165) is 51.7 Å². The van der Waals surface area contributed by atoms with Crippen LogP contribution in [0, 0.1) is 22.2 Å². The van der Waals surface area contributed by atoms with E-state index in [0.29, 0.717) is 36.4 Å². The van der Waals surface area contributed by atoms with Crippen LogP contribution in [0.3, 0.4) is 0 Å². The summed E-state index contributed by atoms with van der Waals surface area (Å²) in [6.45, 7) is 3.84. The zero-order valence-corrected chi connectivity index (χ0v) is 19.6. The van der Waals surface area contributed by atoms with Crippen molar-refractivity contribution in [3.8, 4) is 11.8 Å². The molecule has 2 N–H and O–H groups in total. The summed E-state index contributed by atoms with van der Waals surface area (Å²) >= 11 is 0. The first-order chi connectivity index (χ1) is 16.5. The standard InChI is InChI=1S/C28H33N3O3/c29-17-22-8-4-5-9-25(22)34-20-27(18-30-24-16-23(24)21-6-2-1-3-7-21)12-14-31(15-13-27)19-28(10-11-28)26(32)33/h1-9,23-24,30H,10-16,18-20H2,(H,32,33). The summed E-state index contributed by atoms with van der Waals surface area (Å²) in [5, 5.41) is 22.8. The zero-order chi connectivity index (χ0) is 23.6. The second-order valence-electron chi connectivity index (χ2n) is 10.5. The molecular weight excluding hydrogens is 426 g/mol. The smallest absolute Gasteiger partial charge is 0.310 e. The van der Waals surface area contributed by atoms with Crippen LogP contribution in [0.5, 0.6) is 5.75 Å². The molecule has 1 aliphatic heterocycles. The molecule has 1 saturated heterocycles. The highest BCUT2D eigenvalue weighted by Gasteiger charge is 2.52. The second kappa shape index (κ2) is 9.40. The normalized spacial score (nSPS) is 24.7. The average Bonchev–Trinajstić information content (AvgIpc) is 3.80. The van der Waals surface area contributed by atoms with E-state index in [4.69, 9.17) is 4.74 Å². The molecule has 2 atom stereocenters. The van der Waals surface area contributed by atoms with Crippen molar-refractivity contribution in [1.29, 1.82) is 5.26 Å². The van der Waals surface area contributed by atoms with Crippen molar-refractivity contribution in [2.45, 2.75) is 44.1 Å². The average molecular weight is 460 g/mol. The SMILES string of the molecule is N#Cc1ccccc1OCC1(CNC2CC2c2ccccc2)CCN(CC2(C(=O)O)CC2)CC1. The maximum Gasteiger partial charge on any atom is 0.310 e. The molecule has 2 unspecified atom stereocenters. The second-order valence-corrected chi connectivity index (χ2v) is 10.5. The van der Waals surface area contributed by atoms with Gasteiger partial charge in [0.25, 0.3) is 0 Å². The van der Waals surface area contributed by atoms with Crippen LogP contribution in [0.2, 0.25) is 0 Å². The van der Waals surface area contributed by atoms with Gasteiger partial charge in [0.2, 0.25) is 0 Å². The number of para-hydroxylation sites is 1. The molecular formula is C28H33N3O3. The molecule has 3 fully saturated rings. The number of likely N-dealkylation sites (tertiary alicyclic amines) is 1. The van der Waals surface area contributed by atoms with Gasteiger partial charge < -0.3 is 20.1 Å².